The lowest BCUT2D eigenvalue weighted by atomic mass is 9.85. The SMILES string of the molecule is NC(=O)CNC(=O)[C@H](CCCN=C(N)N)NC(=O)[C@H]1CCCN1C(=O)[C@@H]1CSSC2(CCCCC2)CC(=O)N[C@@H](Cc2ccccc2)C(=O)N[C@H](Cc2ccccc2)C(=O)N[C@@H](CO)C(=O)N[C@@H](CC(N)=O)C(=O)N1. The molecule has 10 amide bonds. The lowest BCUT2D eigenvalue weighted by Crippen LogP contribution is -2.61. The van der Waals surface area contributed by atoms with Crippen molar-refractivity contribution in [3.05, 3.63) is 71.8 Å². The van der Waals surface area contributed by atoms with Gasteiger partial charge in [0.1, 0.15) is 42.3 Å². The number of benzene rings is 2. The van der Waals surface area contributed by atoms with Gasteiger partial charge in [0.2, 0.25) is 59.1 Å². The third-order valence-corrected chi connectivity index (χ3v) is 16.2. The van der Waals surface area contributed by atoms with Crippen molar-refractivity contribution < 1.29 is 53.1 Å². The van der Waals surface area contributed by atoms with E-state index in [0.717, 1.165) is 24.8 Å². The van der Waals surface area contributed by atoms with E-state index in [0.29, 0.717) is 24.8 Å². The van der Waals surface area contributed by atoms with E-state index in [4.69, 9.17) is 22.9 Å². The van der Waals surface area contributed by atoms with Gasteiger partial charge >= 0.3 is 0 Å². The minimum absolute atomic E-state index is 0.0308. The molecule has 16 N–H and O–H groups in total. The summed E-state index contributed by atoms with van der Waals surface area (Å²) in [5.74, 6) is -8.54. The zero-order valence-electron chi connectivity index (χ0n) is 41.6. The number of guanidine groups is 1. The fourth-order valence-corrected chi connectivity index (χ4v) is 12.4. The summed E-state index contributed by atoms with van der Waals surface area (Å²) in [6, 6.07) is 7.88. The molecule has 1 saturated carbocycles. The normalized spacial score (nSPS) is 23.4. The first kappa shape index (κ1) is 59.0. The molecular formula is C49H69N13O11S2. The summed E-state index contributed by atoms with van der Waals surface area (Å²) in [6.07, 6.45) is 3.55. The van der Waals surface area contributed by atoms with Crippen molar-refractivity contribution >= 4 is 86.6 Å². The predicted octanol–water partition coefficient (Wildman–Crippen LogP) is -2.62. The molecule has 3 fully saturated rings. The Morgan fingerprint density at radius 2 is 1.31 bits per heavy atom. The Bertz CT molecular complexity index is 2380. The molecule has 0 radical (unpaired) electrons. The van der Waals surface area contributed by atoms with E-state index >= 15 is 0 Å². The second-order valence-corrected chi connectivity index (χ2v) is 21.6. The van der Waals surface area contributed by atoms with Crippen molar-refractivity contribution in [1.82, 2.24) is 42.1 Å². The average molecular weight is 1080 g/mol. The molecule has 0 unspecified atom stereocenters. The number of amides is 10. The number of nitrogens with zero attached hydrogens (tertiary/aromatic N) is 2. The Morgan fingerprint density at radius 3 is 1.89 bits per heavy atom. The van der Waals surface area contributed by atoms with E-state index in [1.807, 2.05) is 6.07 Å². The van der Waals surface area contributed by atoms with Crippen LogP contribution in [0.25, 0.3) is 0 Å². The number of nitrogens with one attached hydrogen (secondary N) is 7. The van der Waals surface area contributed by atoms with E-state index in [2.05, 4.69) is 42.2 Å². The van der Waals surface area contributed by atoms with E-state index < -0.39 is 126 Å². The molecule has 2 aromatic rings. The van der Waals surface area contributed by atoms with Crippen LogP contribution < -0.4 is 60.2 Å². The number of rotatable bonds is 17. The highest BCUT2D eigenvalue weighted by Gasteiger charge is 2.42. The maximum atomic E-state index is 14.8. The Morgan fingerprint density at radius 1 is 0.733 bits per heavy atom. The number of aliphatic hydroxyl groups is 1. The van der Waals surface area contributed by atoms with Gasteiger partial charge in [-0.25, -0.2) is 0 Å². The van der Waals surface area contributed by atoms with Crippen LogP contribution in [0.15, 0.2) is 65.7 Å². The standard InChI is InChI=1S/C49H69N13O11S2/c50-38(64)24-34-44(70)61-36(47(73)62-21-11-17-37(62)46(72)57-31(16-10-20-54-48(52)53)41(67)55-26-39(51)65)28-74-75-49(18-8-3-9-19-49)25-40(66)56-32(22-29-12-4-1-5-13-29)42(68)58-33(23-30-14-6-2-7-15-30)43(69)60-35(27-63)45(71)59-34/h1-2,4-7,12-15,31-37,63H,3,8-11,16-28H2,(H2,50,64)(H2,51,65)(H,55,67)(H,56,66)(H,57,72)(H,58,68)(H,59,71)(H,60,69)(H,61,70)(H4,52,53,54)/t31-,32-,33+,34-,35-,36-,37+/m0/s1. The number of primary amides is 2. The number of aliphatic imine (C=N–C) groups is 1. The molecular weight excluding hydrogens is 1010 g/mol. The minimum Gasteiger partial charge on any atom is -0.394 e. The van der Waals surface area contributed by atoms with E-state index in [9.17, 15) is 53.1 Å². The topological polar surface area (TPSA) is 395 Å². The van der Waals surface area contributed by atoms with Crippen LogP contribution in [0, 0.1) is 0 Å². The molecule has 0 bridgehead atoms. The Balaban J connectivity index is 1.49. The van der Waals surface area contributed by atoms with Crippen LogP contribution in [0.4, 0.5) is 0 Å². The van der Waals surface area contributed by atoms with Crippen molar-refractivity contribution in [2.75, 3.05) is 32.0 Å². The molecule has 7 atom stereocenters. The average Bonchev–Trinajstić information content (AvgIpc) is 3.88. The smallest absolute Gasteiger partial charge is 0.246 e. The second-order valence-electron chi connectivity index (χ2n) is 18.8. The number of likely N-dealkylation sites (tertiary alicyclic amines) is 1. The van der Waals surface area contributed by atoms with Crippen LogP contribution in [-0.2, 0) is 60.8 Å². The summed E-state index contributed by atoms with van der Waals surface area (Å²) < 4.78 is -0.710. The number of hydrogen-bond donors (Lipinski definition) is 12. The highest BCUT2D eigenvalue weighted by molar-refractivity contribution is 8.77. The fraction of sp³-hybridized carbons (Fsp3) is 0.531. The second kappa shape index (κ2) is 29.2. The molecule has 5 rings (SSSR count). The fourth-order valence-electron chi connectivity index (χ4n) is 9.08. The number of aliphatic hydroxyl groups excluding tert-OH is 1. The molecule has 3 aliphatic rings. The van der Waals surface area contributed by atoms with Crippen LogP contribution in [0.2, 0.25) is 0 Å². The first-order valence-corrected chi connectivity index (χ1v) is 27.2. The van der Waals surface area contributed by atoms with Gasteiger partial charge in [-0.2, -0.15) is 0 Å². The predicted molar refractivity (Wildman–Crippen MR) is 280 cm³/mol. The molecule has 2 saturated heterocycles. The van der Waals surface area contributed by atoms with Gasteiger partial charge in [-0.3, -0.25) is 52.9 Å². The van der Waals surface area contributed by atoms with Crippen LogP contribution in [-0.4, -0.2) is 154 Å². The summed E-state index contributed by atoms with van der Waals surface area (Å²) in [7, 11) is 2.54. The lowest BCUT2D eigenvalue weighted by molar-refractivity contribution is -0.142. The van der Waals surface area contributed by atoms with Crippen LogP contribution >= 0.6 is 21.6 Å². The summed E-state index contributed by atoms with van der Waals surface area (Å²) in [5.41, 5.74) is 23.0. The maximum Gasteiger partial charge on any atom is 0.246 e. The van der Waals surface area contributed by atoms with Crippen LogP contribution in [0.1, 0.15) is 81.8 Å². The summed E-state index contributed by atoms with van der Waals surface area (Å²) in [6.45, 7) is -1.34. The van der Waals surface area contributed by atoms with E-state index in [1.165, 1.54) is 26.5 Å². The number of carbonyl (C=O) groups excluding carboxylic acids is 10. The van der Waals surface area contributed by atoms with Gasteiger partial charge in [-0.1, -0.05) is 102 Å². The summed E-state index contributed by atoms with van der Waals surface area (Å²) in [4.78, 5) is 142. The molecule has 24 nitrogen and oxygen atoms in total. The van der Waals surface area contributed by atoms with Crippen molar-refractivity contribution in [3.8, 4) is 0 Å². The van der Waals surface area contributed by atoms with Gasteiger partial charge in [0, 0.05) is 42.9 Å². The quantitative estimate of drug-likeness (QED) is 0.0334. The first-order valence-electron chi connectivity index (χ1n) is 24.9. The Hall–Kier alpha value is -6.93. The van der Waals surface area contributed by atoms with Crippen molar-refractivity contribution in [2.24, 2.45) is 27.9 Å². The number of hydrogen-bond acceptors (Lipinski definition) is 14. The van der Waals surface area contributed by atoms with Crippen LogP contribution in [0.3, 0.4) is 0 Å². The van der Waals surface area contributed by atoms with Crippen molar-refractivity contribution in [1.29, 1.82) is 0 Å². The van der Waals surface area contributed by atoms with Gasteiger partial charge in [0.25, 0.3) is 0 Å². The Kier molecular flexibility index (Phi) is 23.0. The first-order chi connectivity index (χ1) is 35.9. The van der Waals surface area contributed by atoms with Gasteiger partial charge in [-0.15, -0.1) is 0 Å². The molecule has 75 heavy (non-hydrogen) atoms. The highest BCUT2D eigenvalue weighted by Crippen LogP contribution is 2.48. The summed E-state index contributed by atoms with van der Waals surface area (Å²) >= 11 is 0. The lowest BCUT2D eigenvalue weighted by Gasteiger charge is -2.37. The molecule has 26 heteroatoms. The van der Waals surface area contributed by atoms with Crippen molar-refractivity contribution in [3.63, 3.8) is 0 Å². The van der Waals surface area contributed by atoms with Gasteiger partial charge in [0.15, 0.2) is 5.96 Å². The summed E-state index contributed by atoms with van der Waals surface area (Å²) in [5, 5.41) is 28.7. The van der Waals surface area contributed by atoms with Crippen molar-refractivity contribution in [2.45, 2.75) is 131 Å². The zero-order valence-corrected chi connectivity index (χ0v) is 43.2. The third-order valence-electron chi connectivity index (χ3n) is 12.9. The molecule has 0 aromatic heterocycles. The van der Waals surface area contributed by atoms with Crippen LogP contribution in [0.5, 0.6) is 0 Å². The largest absolute Gasteiger partial charge is 0.394 e. The van der Waals surface area contributed by atoms with E-state index in [-0.39, 0.29) is 63.3 Å². The molecule has 1 spiro atoms. The Labute approximate surface area is 442 Å². The third kappa shape index (κ3) is 18.7. The molecule has 2 aliphatic heterocycles. The highest BCUT2D eigenvalue weighted by atomic mass is 33.1. The maximum absolute atomic E-state index is 14.8. The van der Waals surface area contributed by atoms with Gasteiger partial charge in [0.05, 0.1) is 19.6 Å². The number of carbonyl (C=O) groups is 10. The van der Waals surface area contributed by atoms with E-state index in [1.54, 1.807) is 54.6 Å². The van der Waals surface area contributed by atoms with Gasteiger partial charge in [-0.05, 0) is 49.7 Å². The molecule has 408 valence electrons. The monoisotopic (exact) mass is 1080 g/mol. The molecule has 2 heterocycles. The number of nitrogens with two attached hydrogens (primary N) is 4. The zero-order chi connectivity index (χ0) is 54.5. The molecule has 1 aliphatic carbocycles. The molecule has 2 aromatic carbocycles. The minimum atomic E-state index is -1.75. The van der Waals surface area contributed by atoms with Gasteiger partial charge < -0.3 is 70.2 Å².